The number of sulfonamides is 1. The number of aliphatic hydroxyl groups is 1. The van der Waals surface area contributed by atoms with Crippen LogP contribution in [-0.2, 0) is 29.9 Å². The minimum absolute atomic E-state index is 0.0199. The number of ketones is 1. The van der Waals surface area contributed by atoms with Crippen LogP contribution < -0.4 is 4.90 Å². The normalized spacial score (nSPS) is 22.5. The number of fused-ring (bicyclic) bond motifs is 2. The number of benzene rings is 2. The average molecular weight is 595 g/mol. The summed E-state index contributed by atoms with van der Waals surface area (Å²) in [5.74, 6) is -2.88. The SMILES string of the molecule is CCCN1C(=O)C2(/C(=C(\O)c3cccc(S(=O)(=O)N4CCCCC4)c3)C(=O)C(=O)N2CCCN(C)C)c2ccccc21. The summed E-state index contributed by atoms with van der Waals surface area (Å²) >= 11 is 0. The van der Waals surface area contributed by atoms with E-state index >= 15 is 0 Å². The minimum Gasteiger partial charge on any atom is -0.507 e. The molecule has 3 aliphatic heterocycles. The highest BCUT2D eigenvalue weighted by Gasteiger charge is 2.66. The maximum Gasteiger partial charge on any atom is 0.296 e. The number of para-hydroxylation sites is 1. The Kier molecular flexibility index (Phi) is 8.28. The van der Waals surface area contributed by atoms with Crippen molar-refractivity contribution in [1.82, 2.24) is 14.1 Å². The molecule has 2 amide bonds. The Bertz CT molecular complexity index is 1550. The van der Waals surface area contributed by atoms with E-state index in [0.29, 0.717) is 50.3 Å². The van der Waals surface area contributed by atoms with Gasteiger partial charge in [0.2, 0.25) is 10.0 Å². The molecule has 2 fully saturated rings. The summed E-state index contributed by atoms with van der Waals surface area (Å²) < 4.78 is 28.3. The smallest absolute Gasteiger partial charge is 0.296 e. The molecule has 0 aromatic heterocycles. The molecule has 0 bridgehead atoms. The molecule has 2 aromatic rings. The fraction of sp³-hybridized carbons (Fsp3) is 0.452. The van der Waals surface area contributed by atoms with Gasteiger partial charge in [-0.3, -0.25) is 14.4 Å². The Morgan fingerprint density at radius 2 is 1.69 bits per heavy atom. The molecule has 0 aliphatic carbocycles. The van der Waals surface area contributed by atoms with Crippen LogP contribution in [-0.4, -0.2) is 92.0 Å². The standard InChI is InChI=1S/C31H38N4O6S/c1-4-16-34-25-15-7-6-14-24(25)31(30(34)39)26(28(37)29(38)35(31)20-11-17-32(2)3)27(36)22-12-10-13-23(21-22)42(40,41)33-18-8-5-9-19-33/h6-7,10,12-15,21,36H,4-5,8-9,11,16-20H2,1-3H3/b27-26-. The molecule has 2 aromatic carbocycles. The van der Waals surface area contributed by atoms with Gasteiger partial charge in [0.15, 0.2) is 5.54 Å². The molecule has 42 heavy (non-hydrogen) atoms. The summed E-state index contributed by atoms with van der Waals surface area (Å²) in [4.78, 5) is 46.8. The highest BCUT2D eigenvalue weighted by Crippen LogP contribution is 2.53. The van der Waals surface area contributed by atoms with Crippen molar-refractivity contribution in [3.05, 3.63) is 65.2 Å². The van der Waals surface area contributed by atoms with Crippen molar-refractivity contribution in [2.45, 2.75) is 49.5 Å². The molecule has 3 aliphatic rings. The van der Waals surface area contributed by atoms with Crippen molar-refractivity contribution >= 4 is 39.1 Å². The molecule has 1 unspecified atom stereocenters. The second-order valence-electron chi connectivity index (χ2n) is 11.3. The third-order valence-electron chi connectivity index (χ3n) is 8.30. The average Bonchev–Trinajstić information content (AvgIpc) is 3.36. The number of aliphatic hydroxyl groups excluding tert-OH is 1. The monoisotopic (exact) mass is 594 g/mol. The Labute approximate surface area is 247 Å². The van der Waals surface area contributed by atoms with Gasteiger partial charge in [-0.05, 0) is 64.5 Å². The maximum absolute atomic E-state index is 14.5. The topological polar surface area (TPSA) is 119 Å². The molecule has 1 N–H and O–H groups in total. The second kappa shape index (κ2) is 11.6. The molecule has 224 valence electrons. The van der Waals surface area contributed by atoms with Crippen LogP contribution in [0.1, 0.15) is 50.2 Å². The summed E-state index contributed by atoms with van der Waals surface area (Å²) in [7, 11) is -0.0491. The van der Waals surface area contributed by atoms with Crippen molar-refractivity contribution in [1.29, 1.82) is 0 Å². The molecule has 11 heteroatoms. The third-order valence-corrected chi connectivity index (χ3v) is 10.2. The fourth-order valence-corrected chi connectivity index (χ4v) is 7.92. The van der Waals surface area contributed by atoms with Gasteiger partial charge in [0, 0.05) is 37.3 Å². The van der Waals surface area contributed by atoms with Crippen LogP contribution in [0.4, 0.5) is 5.69 Å². The molecule has 1 spiro atoms. The van der Waals surface area contributed by atoms with Gasteiger partial charge in [0.05, 0.1) is 16.2 Å². The van der Waals surface area contributed by atoms with E-state index < -0.39 is 38.9 Å². The lowest BCUT2D eigenvalue weighted by atomic mass is 9.82. The van der Waals surface area contributed by atoms with Crippen LogP contribution >= 0.6 is 0 Å². The predicted octanol–water partition coefficient (Wildman–Crippen LogP) is 3.15. The van der Waals surface area contributed by atoms with E-state index in [-0.39, 0.29) is 22.6 Å². The number of nitrogens with zero attached hydrogens (tertiary/aromatic N) is 4. The zero-order valence-electron chi connectivity index (χ0n) is 24.4. The summed E-state index contributed by atoms with van der Waals surface area (Å²) in [5.41, 5.74) is -1.11. The molecular weight excluding hydrogens is 556 g/mol. The van der Waals surface area contributed by atoms with Gasteiger partial charge in [-0.1, -0.05) is 43.7 Å². The lowest BCUT2D eigenvalue weighted by Crippen LogP contribution is -2.52. The van der Waals surface area contributed by atoms with E-state index in [1.165, 1.54) is 33.5 Å². The van der Waals surface area contributed by atoms with Crippen LogP contribution in [0, 0.1) is 0 Å². The number of carbonyl (C=O) groups excluding carboxylic acids is 3. The molecule has 5 rings (SSSR count). The van der Waals surface area contributed by atoms with E-state index in [2.05, 4.69) is 0 Å². The van der Waals surface area contributed by atoms with E-state index in [4.69, 9.17) is 0 Å². The first-order valence-electron chi connectivity index (χ1n) is 14.5. The highest BCUT2D eigenvalue weighted by atomic mass is 32.2. The van der Waals surface area contributed by atoms with Crippen LogP contribution in [0.15, 0.2) is 59.0 Å². The van der Waals surface area contributed by atoms with Gasteiger partial charge < -0.3 is 19.8 Å². The number of hydrogen-bond donors (Lipinski definition) is 1. The molecule has 3 heterocycles. The van der Waals surface area contributed by atoms with E-state index in [1.807, 2.05) is 25.9 Å². The molecule has 0 radical (unpaired) electrons. The number of hydrogen-bond acceptors (Lipinski definition) is 7. The Hall–Kier alpha value is -3.54. The number of carbonyl (C=O) groups is 3. The fourth-order valence-electron chi connectivity index (χ4n) is 6.36. The molecule has 10 nitrogen and oxygen atoms in total. The van der Waals surface area contributed by atoms with Gasteiger partial charge in [0.25, 0.3) is 17.6 Å². The third kappa shape index (κ3) is 4.73. The van der Waals surface area contributed by atoms with Gasteiger partial charge in [0.1, 0.15) is 5.76 Å². The summed E-state index contributed by atoms with van der Waals surface area (Å²) in [6.07, 6.45) is 3.64. The summed E-state index contributed by atoms with van der Waals surface area (Å²) in [6.45, 7) is 3.85. The zero-order chi connectivity index (χ0) is 30.2. The van der Waals surface area contributed by atoms with Crippen LogP contribution in [0.2, 0.25) is 0 Å². The zero-order valence-corrected chi connectivity index (χ0v) is 25.2. The molecular formula is C31H38N4O6S. The van der Waals surface area contributed by atoms with E-state index in [0.717, 1.165) is 19.3 Å². The first-order chi connectivity index (χ1) is 20.1. The number of amides is 2. The van der Waals surface area contributed by atoms with Gasteiger partial charge in [-0.25, -0.2) is 8.42 Å². The number of anilines is 1. The number of likely N-dealkylation sites (tertiary alicyclic amines) is 1. The quantitative estimate of drug-likeness (QED) is 0.269. The first kappa shape index (κ1) is 29.9. The largest absolute Gasteiger partial charge is 0.507 e. The van der Waals surface area contributed by atoms with Gasteiger partial charge in [-0.15, -0.1) is 0 Å². The second-order valence-corrected chi connectivity index (χ2v) is 13.3. The van der Waals surface area contributed by atoms with E-state index in [1.54, 1.807) is 29.2 Å². The molecule has 1 atom stereocenters. The van der Waals surface area contributed by atoms with Crippen molar-refractivity contribution in [3.8, 4) is 0 Å². The number of piperidine rings is 1. The lowest BCUT2D eigenvalue weighted by Gasteiger charge is -2.34. The van der Waals surface area contributed by atoms with Crippen LogP contribution in [0.5, 0.6) is 0 Å². The van der Waals surface area contributed by atoms with Crippen molar-refractivity contribution < 1.29 is 27.9 Å². The van der Waals surface area contributed by atoms with Crippen molar-refractivity contribution in [2.24, 2.45) is 0 Å². The number of Topliss-reactive ketones (excluding diaryl/α,β-unsaturated/α-hetero) is 1. The van der Waals surface area contributed by atoms with Gasteiger partial charge in [-0.2, -0.15) is 4.31 Å². The van der Waals surface area contributed by atoms with E-state index in [9.17, 15) is 27.9 Å². The highest BCUT2D eigenvalue weighted by molar-refractivity contribution is 7.89. The predicted molar refractivity (Wildman–Crippen MR) is 159 cm³/mol. The first-order valence-corrected chi connectivity index (χ1v) is 16.0. The lowest BCUT2D eigenvalue weighted by molar-refractivity contribution is -0.143. The Balaban J connectivity index is 1.70. The molecule has 0 saturated carbocycles. The number of rotatable bonds is 9. The van der Waals surface area contributed by atoms with Crippen LogP contribution in [0.3, 0.4) is 0 Å². The van der Waals surface area contributed by atoms with Gasteiger partial charge >= 0.3 is 0 Å². The van der Waals surface area contributed by atoms with Crippen molar-refractivity contribution in [3.63, 3.8) is 0 Å². The maximum atomic E-state index is 14.5. The van der Waals surface area contributed by atoms with Crippen LogP contribution in [0.25, 0.3) is 5.76 Å². The minimum atomic E-state index is -3.84. The Morgan fingerprint density at radius 3 is 2.38 bits per heavy atom. The molecule has 2 saturated heterocycles. The Morgan fingerprint density at radius 1 is 0.976 bits per heavy atom. The summed E-state index contributed by atoms with van der Waals surface area (Å²) in [6, 6.07) is 12.8. The van der Waals surface area contributed by atoms with Crippen molar-refractivity contribution in [2.75, 3.05) is 51.7 Å². The summed E-state index contributed by atoms with van der Waals surface area (Å²) in [5, 5.41) is 11.8.